The highest BCUT2D eigenvalue weighted by Crippen LogP contribution is 2.23. The lowest BCUT2D eigenvalue weighted by molar-refractivity contribution is 0.0467. The molecule has 0 unspecified atom stereocenters. The molecule has 3 heterocycles. The Bertz CT molecular complexity index is 1170. The number of esters is 1. The second-order valence-electron chi connectivity index (χ2n) is 6.14. The monoisotopic (exact) mass is 348 g/mol. The molecule has 0 aliphatic rings. The molecule has 4 aromatic rings. The highest BCUT2D eigenvalue weighted by atomic mass is 16.5. The van der Waals surface area contributed by atoms with Crippen LogP contribution >= 0.6 is 0 Å². The largest absolute Gasteiger partial charge is 0.456 e. The van der Waals surface area contributed by atoms with E-state index >= 15 is 0 Å². The maximum Gasteiger partial charge on any atom is 0.358 e. The number of ether oxygens (including phenoxy) is 1. The minimum absolute atomic E-state index is 0.0305. The summed E-state index contributed by atoms with van der Waals surface area (Å²) in [5.41, 5.74) is 3.47. The van der Waals surface area contributed by atoms with Crippen LogP contribution in [0.3, 0.4) is 0 Å². The van der Waals surface area contributed by atoms with Gasteiger partial charge in [0.2, 0.25) is 0 Å². The number of benzene rings is 1. The molecule has 1 aromatic carbocycles. The van der Waals surface area contributed by atoms with E-state index in [0.717, 1.165) is 16.5 Å². The average Bonchev–Trinajstić information content (AvgIpc) is 3.07. The molecule has 0 fully saturated rings. The van der Waals surface area contributed by atoms with Crippen molar-refractivity contribution in [1.29, 1.82) is 0 Å². The van der Waals surface area contributed by atoms with Crippen molar-refractivity contribution in [2.24, 2.45) is 0 Å². The summed E-state index contributed by atoms with van der Waals surface area (Å²) in [6.45, 7) is 3.81. The number of aromatic nitrogens is 2. The standard InChI is InChI=1S/C20H16N2O4/c1-12-6-7-15-14(9-18(23)26-19(15)13(12)2)11-25-20(24)16-10-22-8-4-3-5-17(22)21-16/h3-10H,11H2,1-2H3. The summed E-state index contributed by atoms with van der Waals surface area (Å²) in [6, 6.07) is 10.7. The molecular formula is C20H16N2O4. The van der Waals surface area contributed by atoms with E-state index in [1.54, 1.807) is 22.9 Å². The molecule has 0 spiro atoms. The van der Waals surface area contributed by atoms with Gasteiger partial charge in [0.1, 0.15) is 17.8 Å². The van der Waals surface area contributed by atoms with E-state index in [9.17, 15) is 9.59 Å². The van der Waals surface area contributed by atoms with E-state index in [1.165, 1.54) is 6.07 Å². The van der Waals surface area contributed by atoms with Gasteiger partial charge >= 0.3 is 11.6 Å². The van der Waals surface area contributed by atoms with Crippen molar-refractivity contribution in [1.82, 2.24) is 9.38 Å². The van der Waals surface area contributed by atoms with Gasteiger partial charge in [0.15, 0.2) is 5.69 Å². The molecule has 0 saturated carbocycles. The summed E-state index contributed by atoms with van der Waals surface area (Å²) in [6.07, 6.45) is 3.42. The molecule has 0 bridgehead atoms. The van der Waals surface area contributed by atoms with Gasteiger partial charge in [-0.2, -0.15) is 0 Å². The number of nitrogens with zero attached hydrogens (tertiary/aromatic N) is 2. The second-order valence-corrected chi connectivity index (χ2v) is 6.14. The van der Waals surface area contributed by atoms with Crippen molar-refractivity contribution in [3.05, 3.63) is 81.6 Å². The normalized spacial score (nSPS) is 11.2. The molecule has 0 aliphatic carbocycles. The molecule has 130 valence electrons. The Kier molecular flexibility index (Phi) is 3.80. The first kappa shape index (κ1) is 16.1. The molecule has 6 nitrogen and oxygen atoms in total. The van der Waals surface area contributed by atoms with E-state index in [4.69, 9.17) is 9.15 Å². The Balaban J connectivity index is 1.64. The number of hydrogen-bond donors (Lipinski definition) is 0. The van der Waals surface area contributed by atoms with Gasteiger partial charge in [0.25, 0.3) is 0 Å². The Labute approximate surface area is 148 Å². The van der Waals surface area contributed by atoms with Crippen LogP contribution in [-0.2, 0) is 11.3 Å². The summed E-state index contributed by atoms with van der Waals surface area (Å²) < 4.78 is 12.5. The van der Waals surface area contributed by atoms with Gasteiger partial charge in [-0.1, -0.05) is 18.2 Å². The SMILES string of the molecule is Cc1ccc2c(COC(=O)c3cn4ccccc4n3)cc(=O)oc2c1C. The molecule has 0 radical (unpaired) electrons. The van der Waals surface area contributed by atoms with Gasteiger partial charge in [-0.3, -0.25) is 0 Å². The highest BCUT2D eigenvalue weighted by Gasteiger charge is 2.15. The van der Waals surface area contributed by atoms with E-state index in [-0.39, 0.29) is 12.3 Å². The van der Waals surface area contributed by atoms with Gasteiger partial charge < -0.3 is 13.6 Å². The number of pyridine rings is 1. The molecular weight excluding hydrogens is 332 g/mol. The maximum absolute atomic E-state index is 12.3. The molecule has 0 saturated heterocycles. The van der Waals surface area contributed by atoms with Gasteiger partial charge in [0, 0.05) is 29.4 Å². The van der Waals surface area contributed by atoms with Crippen molar-refractivity contribution < 1.29 is 13.9 Å². The first-order valence-electron chi connectivity index (χ1n) is 8.17. The van der Waals surface area contributed by atoms with Crippen LogP contribution in [0, 0.1) is 13.8 Å². The van der Waals surface area contributed by atoms with Crippen LogP contribution in [0.5, 0.6) is 0 Å². The van der Waals surface area contributed by atoms with Crippen LogP contribution in [0.15, 0.2) is 58.0 Å². The third-order valence-corrected chi connectivity index (χ3v) is 4.45. The molecule has 6 heteroatoms. The van der Waals surface area contributed by atoms with Crippen LogP contribution in [0.4, 0.5) is 0 Å². The molecule has 0 N–H and O–H groups in total. The lowest BCUT2D eigenvalue weighted by atomic mass is 10.0. The first-order valence-corrected chi connectivity index (χ1v) is 8.17. The van der Waals surface area contributed by atoms with Crippen LogP contribution in [0.1, 0.15) is 27.2 Å². The van der Waals surface area contributed by atoms with Gasteiger partial charge in [-0.05, 0) is 37.1 Å². The summed E-state index contributed by atoms with van der Waals surface area (Å²) in [5, 5.41) is 0.760. The van der Waals surface area contributed by atoms with Crippen molar-refractivity contribution in [2.75, 3.05) is 0 Å². The maximum atomic E-state index is 12.3. The number of hydrogen-bond acceptors (Lipinski definition) is 5. The number of fused-ring (bicyclic) bond motifs is 2. The number of carbonyl (C=O) groups excluding carboxylic acids is 1. The quantitative estimate of drug-likeness (QED) is 0.419. The first-order chi connectivity index (χ1) is 12.5. The third-order valence-electron chi connectivity index (χ3n) is 4.45. The number of aryl methyl sites for hydroxylation is 2. The van der Waals surface area contributed by atoms with Gasteiger partial charge in [-0.25, -0.2) is 14.6 Å². The average molecular weight is 348 g/mol. The fourth-order valence-electron chi connectivity index (χ4n) is 2.89. The Hall–Kier alpha value is -3.41. The summed E-state index contributed by atoms with van der Waals surface area (Å²) in [5.74, 6) is -0.543. The fraction of sp³-hybridized carbons (Fsp3) is 0.150. The lowest BCUT2D eigenvalue weighted by Gasteiger charge is -2.09. The zero-order valence-electron chi connectivity index (χ0n) is 14.4. The van der Waals surface area contributed by atoms with Gasteiger partial charge in [0.05, 0.1) is 0 Å². The molecule has 4 rings (SSSR count). The highest BCUT2D eigenvalue weighted by molar-refractivity contribution is 5.88. The van der Waals surface area contributed by atoms with Crippen molar-refractivity contribution in [3.63, 3.8) is 0 Å². The van der Waals surface area contributed by atoms with Crippen LogP contribution in [0.2, 0.25) is 0 Å². The predicted molar refractivity (Wildman–Crippen MR) is 96.3 cm³/mol. The third kappa shape index (κ3) is 2.75. The topological polar surface area (TPSA) is 73.8 Å². The van der Waals surface area contributed by atoms with Crippen LogP contribution in [0.25, 0.3) is 16.6 Å². The van der Waals surface area contributed by atoms with Gasteiger partial charge in [-0.15, -0.1) is 0 Å². The zero-order chi connectivity index (χ0) is 18.3. The summed E-state index contributed by atoms with van der Waals surface area (Å²) in [4.78, 5) is 28.4. The molecule has 0 aliphatic heterocycles. The fourth-order valence-corrected chi connectivity index (χ4v) is 2.89. The summed E-state index contributed by atoms with van der Waals surface area (Å²) in [7, 11) is 0. The van der Waals surface area contributed by atoms with E-state index in [1.807, 2.05) is 38.1 Å². The molecule has 26 heavy (non-hydrogen) atoms. The number of carbonyl (C=O) groups is 1. The van der Waals surface area contributed by atoms with Crippen LogP contribution < -0.4 is 5.63 Å². The van der Waals surface area contributed by atoms with E-state index in [0.29, 0.717) is 16.8 Å². The Morgan fingerprint density at radius 3 is 2.88 bits per heavy atom. The summed E-state index contributed by atoms with van der Waals surface area (Å²) >= 11 is 0. The van der Waals surface area contributed by atoms with Crippen LogP contribution in [-0.4, -0.2) is 15.4 Å². The second kappa shape index (κ2) is 6.15. The van der Waals surface area contributed by atoms with Crippen molar-refractivity contribution in [3.8, 4) is 0 Å². The minimum atomic E-state index is -0.543. The van der Waals surface area contributed by atoms with Crippen molar-refractivity contribution >= 4 is 22.6 Å². The molecule has 0 amide bonds. The predicted octanol–water partition coefficient (Wildman–Crippen LogP) is 3.41. The Morgan fingerprint density at radius 1 is 1.23 bits per heavy atom. The number of rotatable bonds is 3. The van der Waals surface area contributed by atoms with E-state index in [2.05, 4.69) is 4.98 Å². The molecule has 3 aromatic heterocycles. The smallest absolute Gasteiger partial charge is 0.358 e. The van der Waals surface area contributed by atoms with E-state index < -0.39 is 11.6 Å². The van der Waals surface area contributed by atoms with Crippen molar-refractivity contribution in [2.45, 2.75) is 20.5 Å². The Morgan fingerprint density at radius 2 is 2.08 bits per heavy atom. The number of imidazole rings is 1. The minimum Gasteiger partial charge on any atom is -0.456 e. The lowest BCUT2D eigenvalue weighted by Crippen LogP contribution is -2.08. The zero-order valence-corrected chi connectivity index (χ0v) is 14.4. The molecule has 0 atom stereocenters.